The number of hydrogen-bond donors (Lipinski definition) is 1. The molecule has 0 aliphatic heterocycles. The third-order valence-corrected chi connectivity index (χ3v) is 4.98. The lowest BCUT2D eigenvalue weighted by Crippen LogP contribution is -2.18. The fraction of sp³-hybridized carbons (Fsp3) is 0.294. The molecule has 2 N–H and O–H groups in total. The van der Waals surface area contributed by atoms with Crippen molar-refractivity contribution in [3.05, 3.63) is 64.7 Å². The Labute approximate surface area is 123 Å². The normalized spacial score (nSPS) is 14.0. The maximum absolute atomic E-state index is 12.4. The van der Waals surface area contributed by atoms with E-state index in [2.05, 4.69) is 26.0 Å². The molecule has 0 aliphatic rings. The van der Waals surface area contributed by atoms with Gasteiger partial charge in [0.05, 0.1) is 10.8 Å². The molecule has 2 rings (SSSR count). The summed E-state index contributed by atoms with van der Waals surface area (Å²) in [6.07, 6.45) is 0. The van der Waals surface area contributed by atoms with E-state index in [9.17, 15) is 4.21 Å². The molecule has 3 heteroatoms. The molecule has 0 amide bonds. The van der Waals surface area contributed by atoms with Crippen LogP contribution in [-0.4, -0.2) is 9.96 Å². The van der Waals surface area contributed by atoms with Gasteiger partial charge in [-0.1, -0.05) is 30.3 Å². The van der Waals surface area contributed by atoms with Crippen molar-refractivity contribution in [3.63, 3.8) is 0 Å². The van der Waals surface area contributed by atoms with E-state index < -0.39 is 10.8 Å². The zero-order chi connectivity index (χ0) is 14.7. The Hall–Kier alpha value is -1.45. The molecule has 0 saturated carbocycles. The molecule has 20 heavy (non-hydrogen) atoms. The van der Waals surface area contributed by atoms with Gasteiger partial charge in [0, 0.05) is 16.7 Å². The minimum Gasteiger partial charge on any atom is -0.323 e. The van der Waals surface area contributed by atoms with Gasteiger partial charge in [-0.25, -0.2) is 0 Å². The van der Waals surface area contributed by atoms with Crippen LogP contribution >= 0.6 is 0 Å². The molecular formula is C17H21NOS. The van der Waals surface area contributed by atoms with E-state index in [1.165, 1.54) is 11.1 Å². The average Bonchev–Trinajstić information content (AvgIpc) is 2.41. The Balaban J connectivity index is 2.13. The largest absolute Gasteiger partial charge is 0.323 e. The highest BCUT2D eigenvalue weighted by atomic mass is 32.2. The van der Waals surface area contributed by atoms with E-state index in [0.717, 1.165) is 16.0 Å². The molecule has 0 fully saturated rings. The van der Waals surface area contributed by atoms with Crippen molar-refractivity contribution in [2.45, 2.75) is 31.7 Å². The van der Waals surface area contributed by atoms with E-state index in [1.807, 2.05) is 37.3 Å². The topological polar surface area (TPSA) is 43.1 Å². The lowest BCUT2D eigenvalue weighted by atomic mass is 10.0. The van der Waals surface area contributed by atoms with Gasteiger partial charge in [0.1, 0.15) is 0 Å². The van der Waals surface area contributed by atoms with Gasteiger partial charge in [-0.3, -0.25) is 4.21 Å². The Bertz CT molecular complexity index is 637. The third kappa shape index (κ3) is 3.56. The standard InChI is InChI=1S/C17H21NOS/c1-12-5-4-6-16(9-12)20(19)11-17(18)15-8-7-13(2)14(3)10-15/h4-10,17H,11,18H2,1-3H3. The summed E-state index contributed by atoms with van der Waals surface area (Å²) in [6.45, 7) is 6.16. The van der Waals surface area contributed by atoms with Crippen LogP contribution in [0.15, 0.2) is 47.4 Å². The highest BCUT2D eigenvalue weighted by Crippen LogP contribution is 2.19. The van der Waals surface area contributed by atoms with Gasteiger partial charge in [0.2, 0.25) is 0 Å². The zero-order valence-corrected chi connectivity index (χ0v) is 13.0. The quantitative estimate of drug-likeness (QED) is 0.936. The minimum atomic E-state index is -1.06. The molecule has 2 aromatic carbocycles. The van der Waals surface area contributed by atoms with Crippen molar-refractivity contribution >= 4 is 10.8 Å². The van der Waals surface area contributed by atoms with Crippen LogP contribution in [0.5, 0.6) is 0 Å². The summed E-state index contributed by atoms with van der Waals surface area (Å²) in [5.74, 6) is 0.450. The van der Waals surface area contributed by atoms with Crippen LogP contribution < -0.4 is 5.73 Å². The lowest BCUT2D eigenvalue weighted by molar-refractivity contribution is 0.675. The Morgan fingerprint density at radius 1 is 1.05 bits per heavy atom. The maximum atomic E-state index is 12.4. The molecule has 106 valence electrons. The fourth-order valence-corrected chi connectivity index (χ4v) is 3.37. The average molecular weight is 287 g/mol. The lowest BCUT2D eigenvalue weighted by Gasteiger charge is -2.13. The van der Waals surface area contributed by atoms with Crippen LogP contribution in [0.3, 0.4) is 0 Å². The molecule has 0 bridgehead atoms. The fourth-order valence-electron chi connectivity index (χ4n) is 2.11. The van der Waals surface area contributed by atoms with Crippen molar-refractivity contribution in [2.24, 2.45) is 5.73 Å². The van der Waals surface area contributed by atoms with Crippen LogP contribution in [0, 0.1) is 20.8 Å². The van der Waals surface area contributed by atoms with Gasteiger partial charge in [-0.2, -0.15) is 0 Å². The molecule has 2 aromatic rings. The van der Waals surface area contributed by atoms with Crippen molar-refractivity contribution in [1.29, 1.82) is 0 Å². The SMILES string of the molecule is Cc1cccc(S(=O)CC(N)c2ccc(C)c(C)c2)c1. The summed E-state index contributed by atoms with van der Waals surface area (Å²) in [5.41, 5.74) is 10.8. The van der Waals surface area contributed by atoms with Crippen LogP contribution in [0.2, 0.25) is 0 Å². The number of rotatable bonds is 4. The summed E-state index contributed by atoms with van der Waals surface area (Å²) in [6, 6.07) is 13.8. The Kier molecular flexibility index (Phi) is 4.73. The van der Waals surface area contributed by atoms with Crippen LogP contribution in [0.1, 0.15) is 28.3 Å². The van der Waals surface area contributed by atoms with Crippen molar-refractivity contribution in [3.8, 4) is 0 Å². The van der Waals surface area contributed by atoms with E-state index in [4.69, 9.17) is 5.73 Å². The predicted octanol–water partition coefficient (Wildman–Crippen LogP) is 3.42. The van der Waals surface area contributed by atoms with Crippen molar-refractivity contribution < 1.29 is 4.21 Å². The van der Waals surface area contributed by atoms with Gasteiger partial charge < -0.3 is 5.73 Å². The molecule has 0 spiro atoms. The van der Waals surface area contributed by atoms with Gasteiger partial charge in [-0.05, 0) is 55.2 Å². The van der Waals surface area contributed by atoms with E-state index in [0.29, 0.717) is 5.75 Å². The second-order valence-corrected chi connectivity index (χ2v) is 6.77. The second-order valence-electron chi connectivity index (χ2n) is 5.28. The molecule has 0 aromatic heterocycles. The summed E-state index contributed by atoms with van der Waals surface area (Å²) in [4.78, 5) is 0.851. The molecule has 0 saturated heterocycles. The number of aryl methyl sites for hydroxylation is 3. The first-order valence-electron chi connectivity index (χ1n) is 6.75. The summed E-state index contributed by atoms with van der Waals surface area (Å²) in [7, 11) is -1.06. The minimum absolute atomic E-state index is 0.198. The molecule has 2 unspecified atom stereocenters. The van der Waals surface area contributed by atoms with Gasteiger partial charge in [0.15, 0.2) is 0 Å². The molecule has 2 atom stereocenters. The molecule has 0 heterocycles. The Morgan fingerprint density at radius 2 is 1.80 bits per heavy atom. The molecular weight excluding hydrogens is 266 g/mol. The molecule has 0 radical (unpaired) electrons. The first kappa shape index (κ1) is 14.9. The second kappa shape index (κ2) is 6.33. The number of nitrogens with two attached hydrogens (primary N) is 1. The number of benzene rings is 2. The highest BCUT2D eigenvalue weighted by Gasteiger charge is 2.13. The highest BCUT2D eigenvalue weighted by molar-refractivity contribution is 7.85. The van der Waals surface area contributed by atoms with Crippen molar-refractivity contribution in [2.75, 3.05) is 5.75 Å². The maximum Gasteiger partial charge on any atom is 0.0548 e. The number of hydrogen-bond acceptors (Lipinski definition) is 2. The van der Waals surface area contributed by atoms with E-state index in [-0.39, 0.29) is 6.04 Å². The van der Waals surface area contributed by atoms with Gasteiger partial charge >= 0.3 is 0 Å². The van der Waals surface area contributed by atoms with E-state index >= 15 is 0 Å². The first-order chi connectivity index (χ1) is 9.47. The summed E-state index contributed by atoms with van der Waals surface area (Å²) < 4.78 is 12.4. The third-order valence-electron chi connectivity index (χ3n) is 3.54. The molecule has 2 nitrogen and oxygen atoms in total. The van der Waals surface area contributed by atoms with Crippen LogP contribution in [-0.2, 0) is 10.8 Å². The smallest absolute Gasteiger partial charge is 0.0548 e. The summed E-state index contributed by atoms with van der Waals surface area (Å²) >= 11 is 0. The first-order valence-corrected chi connectivity index (χ1v) is 8.07. The van der Waals surface area contributed by atoms with Gasteiger partial charge in [-0.15, -0.1) is 0 Å². The molecule has 0 aliphatic carbocycles. The van der Waals surface area contributed by atoms with Crippen LogP contribution in [0.4, 0.5) is 0 Å². The van der Waals surface area contributed by atoms with Crippen molar-refractivity contribution in [1.82, 2.24) is 0 Å². The summed E-state index contributed by atoms with van der Waals surface area (Å²) in [5, 5.41) is 0. The Morgan fingerprint density at radius 3 is 2.45 bits per heavy atom. The van der Waals surface area contributed by atoms with Crippen LogP contribution in [0.25, 0.3) is 0 Å². The zero-order valence-electron chi connectivity index (χ0n) is 12.2. The van der Waals surface area contributed by atoms with E-state index in [1.54, 1.807) is 0 Å². The monoisotopic (exact) mass is 287 g/mol. The van der Waals surface area contributed by atoms with Gasteiger partial charge in [0.25, 0.3) is 0 Å². The predicted molar refractivity (Wildman–Crippen MR) is 85.3 cm³/mol.